The normalized spacial score (nSPS) is 38.1. The van der Waals surface area contributed by atoms with Crippen LogP contribution in [0.15, 0.2) is 12.2 Å². The first kappa shape index (κ1) is 14.0. The van der Waals surface area contributed by atoms with Gasteiger partial charge in [0.25, 0.3) is 0 Å². The summed E-state index contributed by atoms with van der Waals surface area (Å²) in [5.74, 6) is -3.58. The van der Waals surface area contributed by atoms with E-state index in [9.17, 15) is 19.2 Å². The number of allylic oxidation sites excluding steroid dienone is 1. The molecular formula is C15H16O6. The van der Waals surface area contributed by atoms with Crippen LogP contribution < -0.4 is 0 Å². The van der Waals surface area contributed by atoms with E-state index in [-0.39, 0.29) is 17.8 Å². The molecule has 21 heavy (non-hydrogen) atoms. The van der Waals surface area contributed by atoms with Crippen molar-refractivity contribution in [2.24, 2.45) is 23.7 Å². The van der Waals surface area contributed by atoms with Crippen LogP contribution >= 0.6 is 0 Å². The lowest BCUT2D eigenvalue weighted by Gasteiger charge is -2.27. The van der Waals surface area contributed by atoms with Crippen molar-refractivity contribution in [1.29, 1.82) is 0 Å². The molecule has 0 aromatic carbocycles. The van der Waals surface area contributed by atoms with Crippen LogP contribution in [0, 0.1) is 23.7 Å². The molecule has 2 fully saturated rings. The molecule has 112 valence electrons. The molecule has 0 aromatic heterocycles. The van der Waals surface area contributed by atoms with Gasteiger partial charge in [0.1, 0.15) is 0 Å². The van der Waals surface area contributed by atoms with Gasteiger partial charge in [0.2, 0.25) is 0 Å². The van der Waals surface area contributed by atoms with Gasteiger partial charge in [0, 0.05) is 0 Å². The second-order valence-electron chi connectivity index (χ2n) is 5.89. The summed E-state index contributed by atoms with van der Waals surface area (Å²) in [4.78, 5) is 46.8. The minimum absolute atomic E-state index is 0.353. The highest BCUT2D eigenvalue weighted by Gasteiger charge is 2.40. The van der Waals surface area contributed by atoms with Crippen molar-refractivity contribution in [3.8, 4) is 0 Å². The average molecular weight is 292 g/mol. The van der Waals surface area contributed by atoms with E-state index in [0.717, 1.165) is 0 Å². The van der Waals surface area contributed by atoms with Gasteiger partial charge in [-0.15, -0.1) is 0 Å². The summed E-state index contributed by atoms with van der Waals surface area (Å²) >= 11 is 0. The number of hydrogen-bond acceptors (Lipinski definition) is 6. The summed E-state index contributed by atoms with van der Waals surface area (Å²) < 4.78 is 9.56. The molecule has 4 bridgehead atoms. The topological polar surface area (TPSA) is 86.7 Å². The summed E-state index contributed by atoms with van der Waals surface area (Å²) in [6.07, 6.45) is 5.69. The van der Waals surface area contributed by atoms with Crippen molar-refractivity contribution in [2.45, 2.75) is 32.1 Å². The van der Waals surface area contributed by atoms with E-state index in [2.05, 4.69) is 0 Å². The van der Waals surface area contributed by atoms with Gasteiger partial charge in [-0.1, -0.05) is 12.2 Å². The maximum absolute atomic E-state index is 11.7. The number of carbonyl (C=O) groups excluding carboxylic acids is 4. The monoisotopic (exact) mass is 292 g/mol. The Morgan fingerprint density at radius 2 is 1.33 bits per heavy atom. The van der Waals surface area contributed by atoms with Crippen molar-refractivity contribution in [3.63, 3.8) is 0 Å². The van der Waals surface area contributed by atoms with Gasteiger partial charge in [-0.05, 0) is 32.1 Å². The Bertz CT molecular complexity index is 534. The number of esters is 4. The summed E-state index contributed by atoms with van der Waals surface area (Å²) in [7, 11) is 0. The van der Waals surface area contributed by atoms with Crippen LogP contribution in [0.3, 0.4) is 0 Å². The Kier molecular flexibility index (Phi) is 3.61. The van der Waals surface area contributed by atoms with Gasteiger partial charge in [-0.25, -0.2) is 0 Å². The van der Waals surface area contributed by atoms with Crippen LogP contribution in [0.5, 0.6) is 0 Å². The Hall–Kier alpha value is -1.98. The molecule has 0 saturated carbocycles. The zero-order valence-electron chi connectivity index (χ0n) is 11.4. The zero-order chi connectivity index (χ0) is 15.0. The van der Waals surface area contributed by atoms with E-state index in [4.69, 9.17) is 9.47 Å². The smallest absolute Gasteiger partial charge is 0.320 e. The van der Waals surface area contributed by atoms with Crippen molar-refractivity contribution >= 4 is 23.9 Å². The molecule has 2 saturated heterocycles. The lowest BCUT2D eigenvalue weighted by Crippen LogP contribution is -2.36. The summed E-state index contributed by atoms with van der Waals surface area (Å²) in [6.45, 7) is 0. The third kappa shape index (κ3) is 2.75. The highest BCUT2D eigenvalue weighted by molar-refractivity contribution is 5.92. The number of fused-ring (bicyclic) bond motifs is 4. The number of ether oxygens (including phenoxy) is 2. The fourth-order valence-electron chi connectivity index (χ4n) is 3.19. The van der Waals surface area contributed by atoms with E-state index in [1.54, 1.807) is 12.2 Å². The first-order valence-electron chi connectivity index (χ1n) is 7.22. The molecule has 4 unspecified atom stereocenters. The summed E-state index contributed by atoms with van der Waals surface area (Å²) in [5.41, 5.74) is 0. The van der Waals surface area contributed by atoms with Gasteiger partial charge in [-0.3, -0.25) is 19.2 Å². The van der Waals surface area contributed by atoms with E-state index < -0.39 is 29.8 Å². The second-order valence-corrected chi connectivity index (χ2v) is 5.89. The lowest BCUT2D eigenvalue weighted by atomic mass is 9.83. The van der Waals surface area contributed by atoms with Crippen LogP contribution in [-0.2, 0) is 28.7 Å². The van der Waals surface area contributed by atoms with Gasteiger partial charge in [0.15, 0.2) is 0 Å². The van der Waals surface area contributed by atoms with Gasteiger partial charge < -0.3 is 9.47 Å². The predicted octanol–water partition coefficient (Wildman–Crippen LogP) is 1.14. The maximum Gasteiger partial charge on any atom is 0.320 e. The van der Waals surface area contributed by atoms with Crippen LogP contribution in [0.2, 0.25) is 0 Å². The first-order chi connectivity index (χ1) is 10.0. The standard InChI is InChI=1S/C15H16O6/c16-12-8-2-1-3-9-7-11(15(19)21-13(9)17)5-4-10(6-8)14(18)20-12/h1-2,8-11H,3-7H2/b2-1-. The fourth-order valence-corrected chi connectivity index (χ4v) is 3.19. The second kappa shape index (κ2) is 5.42. The van der Waals surface area contributed by atoms with E-state index >= 15 is 0 Å². The van der Waals surface area contributed by atoms with Crippen LogP contribution in [0.4, 0.5) is 0 Å². The molecule has 1 aliphatic carbocycles. The van der Waals surface area contributed by atoms with E-state index in [0.29, 0.717) is 32.1 Å². The Labute approximate surface area is 121 Å². The average Bonchev–Trinajstić information content (AvgIpc) is 2.46. The Balaban J connectivity index is 1.84. The van der Waals surface area contributed by atoms with Crippen molar-refractivity contribution in [2.75, 3.05) is 0 Å². The molecule has 3 aliphatic rings. The molecule has 0 aromatic rings. The molecule has 3 rings (SSSR count). The third-order valence-corrected chi connectivity index (χ3v) is 4.47. The number of cyclic esters (lactones) is 4. The summed E-state index contributed by atoms with van der Waals surface area (Å²) in [6, 6.07) is 0. The fraction of sp³-hybridized carbons (Fsp3) is 0.600. The molecule has 6 nitrogen and oxygen atoms in total. The van der Waals surface area contributed by atoms with E-state index in [1.165, 1.54) is 0 Å². The molecule has 0 radical (unpaired) electrons. The third-order valence-electron chi connectivity index (χ3n) is 4.47. The minimum Gasteiger partial charge on any atom is -0.393 e. The molecule has 0 spiro atoms. The largest absolute Gasteiger partial charge is 0.393 e. The maximum atomic E-state index is 11.7. The van der Waals surface area contributed by atoms with Gasteiger partial charge in [0.05, 0.1) is 23.7 Å². The highest BCUT2D eigenvalue weighted by atomic mass is 16.6. The van der Waals surface area contributed by atoms with Crippen LogP contribution in [0.1, 0.15) is 32.1 Å². The number of rotatable bonds is 0. The van der Waals surface area contributed by atoms with Crippen molar-refractivity contribution in [1.82, 2.24) is 0 Å². The summed E-state index contributed by atoms with van der Waals surface area (Å²) in [5, 5.41) is 0. The van der Waals surface area contributed by atoms with Crippen LogP contribution in [-0.4, -0.2) is 23.9 Å². The minimum atomic E-state index is -0.534. The molecular weight excluding hydrogens is 276 g/mol. The van der Waals surface area contributed by atoms with Gasteiger partial charge in [-0.2, -0.15) is 0 Å². The molecule has 0 amide bonds. The Morgan fingerprint density at radius 3 is 2.05 bits per heavy atom. The first-order valence-corrected chi connectivity index (χ1v) is 7.22. The van der Waals surface area contributed by atoms with Crippen molar-refractivity contribution in [3.05, 3.63) is 12.2 Å². The van der Waals surface area contributed by atoms with Crippen LogP contribution in [0.25, 0.3) is 0 Å². The molecule has 2 heterocycles. The molecule has 6 heteroatoms. The predicted molar refractivity (Wildman–Crippen MR) is 68.4 cm³/mol. The van der Waals surface area contributed by atoms with E-state index in [1.807, 2.05) is 0 Å². The number of hydrogen-bond donors (Lipinski definition) is 0. The number of carbonyl (C=O) groups is 4. The molecule has 0 N–H and O–H groups in total. The van der Waals surface area contributed by atoms with Gasteiger partial charge >= 0.3 is 23.9 Å². The molecule has 4 atom stereocenters. The SMILES string of the molecule is O=C1OC(=O)C2CCC3CC(C/C=C\C1C2)C(=O)OC3=O. The Morgan fingerprint density at radius 1 is 0.762 bits per heavy atom. The quantitative estimate of drug-likeness (QED) is 0.378. The molecule has 2 aliphatic heterocycles. The lowest BCUT2D eigenvalue weighted by molar-refractivity contribution is -0.174. The van der Waals surface area contributed by atoms with Crippen molar-refractivity contribution < 1.29 is 28.7 Å². The zero-order valence-corrected chi connectivity index (χ0v) is 11.4. The highest BCUT2D eigenvalue weighted by Crippen LogP contribution is 2.34.